The molecule has 0 spiro atoms. The number of hydrogen-bond donors (Lipinski definition) is 2. The quantitative estimate of drug-likeness (QED) is 0.671. The van der Waals surface area contributed by atoms with E-state index < -0.39 is 0 Å². The van der Waals surface area contributed by atoms with Crippen molar-refractivity contribution in [2.24, 2.45) is 5.84 Å². The van der Waals surface area contributed by atoms with E-state index in [2.05, 4.69) is 59.8 Å². The van der Waals surface area contributed by atoms with E-state index in [1.165, 1.54) is 22.1 Å². The molecule has 0 aliphatic carbocycles. The molecule has 0 saturated carbocycles. The number of nitrogens with zero attached hydrogens (tertiary/aromatic N) is 1. The Morgan fingerprint density at radius 1 is 1.29 bits per heavy atom. The van der Waals surface area contributed by atoms with Crippen molar-refractivity contribution < 1.29 is 0 Å². The van der Waals surface area contributed by atoms with Crippen LogP contribution in [0.25, 0.3) is 10.8 Å². The highest BCUT2D eigenvalue weighted by molar-refractivity contribution is 7.99. The third-order valence-corrected chi connectivity index (χ3v) is 5.49. The van der Waals surface area contributed by atoms with Crippen LogP contribution in [0.5, 0.6) is 0 Å². The van der Waals surface area contributed by atoms with E-state index >= 15 is 0 Å². The van der Waals surface area contributed by atoms with Gasteiger partial charge < -0.3 is 4.90 Å². The number of hydrazine groups is 1. The first-order valence-corrected chi connectivity index (χ1v) is 8.66. The van der Waals surface area contributed by atoms with Gasteiger partial charge in [0.2, 0.25) is 0 Å². The fraction of sp³-hybridized carbons (Fsp3) is 0.412. The third kappa shape index (κ3) is 3.24. The largest absolute Gasteiger partial charge is 0.300 e. The van der Waals surface area contributed by atoms with Gasteiger partial charge in [-0.2, -0.15) is 11.8 Å². The van der Waals surface area contributed by atoms with Gasteiger partial charge in [0.1, 0.15) is 0 Å². The van der Waals surface area contributed by atoms with Crippen LogP contribution in [0.1, 0.15) is 5.56 Å². The summed E-state index contributed by atoms with van der Waals surface area (Å²) in [4.78, 5) is 2.44. The Labute approximate surface area is 130 Å². The van der Waals surface area contributed by atoms with Crippen LogP contribution in [0.2, 0.25) is 0 Å². The number of thioether (sulfide) groups is 1. The molecular formula is C17H23N3S. The Balaban J connectivity index is 1.85. The molecule has 2 aromatic carbocycles. The lowest BCUT2D eigenvalue weighted by Gasteiger charge is -2.37. The van der Waals surface area contributed by atoms with Gasteiger partial charge in [-0.05, 0) is 29.8 Å². The molecule has 1 saturated heterocycles. The van der Waals surface area contributed by atoms with Gasteiger partial charge in [-0.1, -0.05) is 42.5 Å². The second-order valence-electron chi connectivity index (χ2n) is 5.74. The van der Waals surface area contributed by atoms with Crippen LogP contribution in [0.15, 0.2) is 42.5 Å². The lowest BCUT2D eigenvalue weighted by atomic mass is 9.95. The van der Waals surface area contributed by atoms with Gasteiger partial charge in [-0.3, -0.25) is 11.3 Å². The van der Waals surface area contributed by atoms with Crippen molar-refractivity contribution in [1.82, 2.24) is 10.3 Å². The number of hydrogen-bond acceptors (Lipinski definition) is 4. The Morgan fingerprint density at radius 2 is 2.10 bits per heavy atom. The first-order chi connectivity index (χ1) is 10.3. The molecule has 4 heteroatoms. The van der Waals surface area contributed by atoms with Crippen molar-refractivity contribution in [3.63, 3.8) is 0 Å². The van der Waals surface area contributed by atoms with Crippen LogP contribution >= 0.6 is 11.8 Å². The van der Waals surface area contributed by atoms with Crippen molar-refractivity contribution in [2.45, 2.75) is 18.5 Å². The van der Waals surface area contributed by atoms with Gasteiger partial charge >= 0.3 is 0 Å². The van der Waals surface area contributed by atoms with Crippen molar-refractivity contribution in [1.29, 1.82) is 0 Å². The second-order valence-corrected chi connectivity index (χ2v) is 6.89. The molecular weight excluding hydrogens is 278 g/mol. The van der Waals surface area contributed by atoms with Crippen molar-refractivity contribution in [2.75, 3.05) is 25.1 Å². The van der Waals surface area contributed by atoms with E-state index in [-0.39, 0.29) is 6.04 Å². The molecule has 0 amide bonds. The molecule has 1 heterocycles. The SMILES string of the molecule is CN1CCSCC1C(Cc1cccc2ccccc12)NN. The standard InChI is InChI=1S/C17H23N3S/c1-20-9-10-21-12-17(20)16(19-18)11-14-7-4-6-13-5-2-3-8-15(13)14/h2-8,16-17,19H,9-12,18H2,1H3. The summed E-state index contributed by atoms with van der Waals surface area (Å²) < 4.78 is 0. The number of nitrogens with two attached hydrogens (primary N) is 1. The maximum absolute atomic E-state index is 5.87. The van der Waals surface area contributed by atoms with E-state index in [1.54, 1.807) is 0 Å². The summed E-state index contributed by atoms with van der Waals surface area (Å²) >= 11 is 2.03. The van der Waals surface area contributed by atoms with Gasteiger partial charge in [0, 0.05) is 30.1 Å². The van der Waals surface area contributed by atoms with E-state index in [0.29, 0.717) is 6.04 Å². The van der Waals surface area contributed by atoms with Gasteiger partial charge in [0.05, 0.1) is 0 Å². The summed E-state index contributed by atoms with van der Waals surface area (Å²) in [6.45, 7) is 1.14. The Kier molecular flexibility index (Phi) is 4.80. The van der Waals surface area contributed by atoms with Gasteiger partial charge in [0.25, 0.3) is 0 Å². The molecule has 3 rings (SSSR count). The summed E-state index contributed by atoms with van der Waals surface area (Å²) in [6.07, 6.45) is 0.966. The topological polar surface area (TPSA) is 41.3 Å². The third-order valence-electron chi connectivity index (χ3n) is 4.44. The summed E-state index contributed by atoms with van der Waals surface area (Å²) in [6, 6.07) is 15.9. The molecule has 0 bridgehead atoms. The average molecular weight is 301 g/mol. The van der Waals surface area contributed by atoms with E-state index in [9.17, 15) is 0 Å². The highest BCUT2D eigenvalue weighted by Crippen LogP contribution is 2.23. The highest BCUT2D eigenvalue weighted by atomic mass is 32.2. The molecule has 0 aromatic heterocycles. The average Bonchev–Trinajstić information content (AvgIpc) is 2.53. The van der Waals surface area contributed by atoms with Crippen molar-refractivity contribution in [3.8, 4) is 0 Å². The molecule has 1 fully saturated rings. The summed E-state index contributed by atoms with van der Waals surface area (Å²) in [5.74, 6) is 8.24. The second kappa shape index (κ2) is 6.79. The Morgan fingerprint density at radius 3 is 2.90 bits per heavy atom. The van der Waals surface area contributed by atoms with Gasteiger partial charge in [-0.15, -0.1) is 0 Å². The predicted octanol–water partition coefficient (Wildman–Crippen LogP) is 2.26. The number of fused-ring (bicyclic) bond motifs is 1. The van der Waals surface area contributed by atoms with E-state index in [1.807, 2.05) is 11.8 Å². The molecule has 2 aromatic rings. The first kappa shape index (κ1) is 14.9. The summed E-state index contributed by atoms with van der Waals surface area (Å²) in [5.41, 5.74) is 4.44. The first-order valence-electron chi connectivity index (χ1n) is 7.50. The molecule has 1 aliphatic heterocycles. The number of likely N-dealkylation sites (N-methyl/N-ethyl adjacent to an activating group) is 1. The number of rotatable bonds is 4. The molecule has 3 nitrogen and oxygen atoms in total. The zero-order valence-corrected chi connectivity index (χ0v) is 13.3. The maximum atomic E-state index is 5.87. The summed E-state index contributed by atoms with van der Waals surface area (Å²) in [5, 5.41) is 2.64. The lowest BCUT2D eigenvalue weighted by molar-refractivity contribution is 0.214. The van der Waals surface area contributed by atoms with Crippen molar-refractivity contribution in [3.05, 3.63) is 48.0 Å². The Bertz CT molecular complexity index is 596. The smallest absolute Gasteiger partial charge is 0.0414 e. The molecule has 2 atom stereocenters. The fourth-order valence-corrected chi connectivity index (χ4v) is 4.45. The van der Waals surface area contributed by atoms with Gasteiger partial charge in [-0.25, -0.2) is 0 Å². The maximum Gasteiger partial charge on any atom is 0.0414 e. The molecule has 0 radical (unpaired) electrons. The molecule has 21 heavy (non-hydrogen) atoms. The molecule has 3 N–H and O–H groups in total. The van der Waals surface area contributed by atoms with Crippen LogP contribution in [0, 0.1) is 0 Å². The number of benzene rings is 2. The molecule has 1 aliphatic rings. The molecule has 112 valence electrons. The van der Waals surface area contributed by atoms with Crippen LogP contribution in [0.4, 0.5) is 0 Å². The minimum Gasteiger partial charge on any atom is -0.300 e. The van der Waals surface area contributed by atoms with E-state index in [0.717, 1.165) is 18.7 Å². The predicted molar refractivity (Wildman–Crippen MR) is 92.5 cm³/mol. The van der Waals surface area contributed by atoms with Crippen LogP contribution < -0.4 is 11.3 Å². The Hall–Kier alpha value is -1.07. The summed E-state index contributed by atoms with van der Waals surface area (Å²) in [7, 11) is 2.21. The lowest BCUT2D eigenvalue weighted by Crippen LogP contribution is -2.55. The van der Waals surface area contributed by atoms with Crippen LogP contribution in [0.3, 0.4) is 0 Å². The monoisotopic (exact) mass is 301 g/mol. The highest BCUT2D eigenvalue weighted by Gasteiger charge is 2.27. The minimum absolute atomic E-state index is 0.286. The fourth-order valence-electron chi connectivity index (χ4n) is 3.14. The molecule has 2 unspecified atom stereocenters. The van der Waals surface area contributed by atoms with Crippen molar-refractivity contribution >= 4 is 22.5 Å². The minimum atomic E-state index is 0.286. The van der Waals surface area contributed by atoms with Gasteiger partial charge in [0.15, 0.2) is 0 Å². The van der Waals surface area contributed by atoms with E-state index in [4.69, 9.17) is 5.84 Å². The van der Waals surface area contributed by atoms with Crippen LogP contribution in [-0.4, -0.2) is 42.1 Å². The zero-order chi connectivity index (χ0) is 14.7. The normalized spacial score (nSPS) is 21.5. The van der Waals surface area contributed by atoms with Crippen LogP contribution in [-0.2, 0) is 6.42 Å². The number of nitrogens with one attached hydrogen (secondary N) is 1. The zero-order valence-electron chi connectivity index (χ0n) is 12.5.